The molecule has 0 atom stereocenters. The van der Waals surface area contributed by atoms with Crippen LogP contribution in [0.5, 0.6) is 0 Å². The molecule has 0 aromatic heterocycles. The topological polar surface area (TPSA) is 12.4 Å². The molecular weight excluding hydrogens is 226 g/mol. The molecule has 2 heteroatoms. The van der Waals surface area contributed by atoms with Gasteiger partial charge in [0.05, 0.1) is 10.8 Å². The molecule has 1 rings (SSSR count). The van der Waals surface area contributed by atoms with Crippen LogP contribution < -0.4 is 0 Å². The van der Waals surface area contributed by atoms with Crippen molar-refractivity contribution in [3.8, 4) is 0 Å². The van der Waals surface area contributed by atoms with Crippen molar-refractivity contribution < 1.29 is 0 Å². The number of hydrogen-bond donors (Lipinski definition) is 0. The first-order chi connectivity index (χ1) is 7.68. The van der Waals surface area contributed by atoms with Crippen LogP contribution in [0.2, 0.25) is 0 Å². The van der Waals surface area contributed by atoms with Gasteiger partial charge in [-0.2, -0.15) is 4.99 Å². The quantitative estimate of drug-likeness (QED) is 0.501. The van der Waals surface area contributed by atoms with Crippen LogP contribution in [-0.4, -0.2) is 5.16 Å². The minimum absolute atomic E-state index is 0.0618. The van der Waals surface area contributed by atoms with Crippen LogP contribution >= 0.6 is 12.2 Å². The number of hydrogen-bond acceptors (Lipinski definition) is 2. The van der Waals surface area contributed by atoms with Gasteiger partial charge in [-0.15, -0.1) is 0 Å². The molecular formula is C15H21NS. The molecule has 0 spiro atoms. The average Bonchev–Trinajstić information content (AvgIpc) is 2.15. The average molecular weight is 247 g/mol. The van der Waals surface area contributed by atoms with Gasteiger partial charge in [-0.3, -0.25) is 0 Å². The minimum Gasteiger partial charge on any atom is -0.194 e. The van der Waals surface area contributed by atoms with E-state index < -0.39 is 0 Å². The molecule has 1 aromatic carbocycles. The highest BCUT2D eigenvalue weighted by molar-refractivity contribution is 7.78. The van der Waals surface area contributed by atoms with Gasteiger partial charge in [-0.05, 0) is 34.2 Å². The maximum absolute atomic E-state index is 4.78. The lowest BCUT2D eigenvalue weighted by Crippen LogP contribution is -2.16. The van der Waals surface area contributed by atoms with Crippen molar-refractivity contribution in [1.82, 2.24) is 0 Å². The molecule has 0 fully saturated rings. The zero-order valence-corrected chi connectivity index (χ0v) is 12.4. The number of rotatable bonds is 1. The smallest absolute Gasteiger partial charge is 0.0814 e. The number of thiocarbonyl (C=S) groups is 1. The lowest BCUT2D eigenvalue weighted by atomic mass is 9.79. The summed E-state index contributed by atoms with van der Waals surface area (Å²) in [6, 6.07) is 6.35. The fourth-order valence-corrected chi connectivity index (χ4v) is 2.01. The van der Waals surface area contributed by atoms with Crippen LogP contribution in [0, 0.1) is 0 Å². The molecule has 0 saturated heterocycles. The SMILES string of the molecule is CC(C)(C)c1cccc(C(C)(C)C)c1N=C=S. The highest BCUT2D eigenvalue weighted by Gasteiger charge is 2.24. The Labute approximate surface area is 110 Å². The Hall–Kier alpha value is -0.980. The maximum atomic E-state index is 4.78. The van der Waals surface area contributed by atoms with Crippen molar-refractivity contribution in [2.24, 2.45) is 4.99 Å². The van der Waals surface area contributed by atoms with Crippen molar-refractivity contribution in [3.05, 3.63) is 29.3 Å². The molecule has 1 aromatic rings. The Morgan fingerprint density at radius 1 is 0.941 bits per heavy atom. The molecule has 0 aliphatic rings. The van der Waals surface area contributed by atoms with Crippen molar-refractivity contribution in [1.29, 1.82) is 0 Å². The van der Waals surface area contributed by atoms with Gasteiger partial charge in [0, 0.05) is 0 Å². The molecule has 0 bridgehead atoms. The maximum Gasteiger partial charge on any atom is 0.0814 e. The van der Waals surface area contributed by atoms with E-state index in [9.17, 15) is 0 Å². The summed E-state index contributed by atoms with van der Waals surface area (Å²) in [7, 11) is 0. The van der Waals surface area contributed by atoms with Gasteiger partial charge in [0.1, 0.15) is 0 Å². The van der Waals surface area contributed by atoms with Gasteiger partial charge < -0.3 is 0 Å². The van der Waals surface area contributed by atoms with E-state index in [-0.39, 0.29) is 10.8 Å². The molecule has 17 heavy (non-hydrogen) atoms. The Balaban J connectivity index is 3.60. The summed E-state index contributed by atoms with van der Waals surface area (Å²) in [5, 5.41) is 2.52. The summed E-state index contributed by atoms with van der Waals surface area (Å²) in [5.74, 6) is 0. The largest absolute Gasteiger partial charge is 0.194 e. The molecule has 0 aliphatic heterocycles. The van der Waals surface area contributed by atoms with Crippen molar-refractivity contribution in [3.63, 3.8) is 0 Å². The Morgan fingerprint density at radius 2 is 1.35 bits per heavy atom. The minimum atomic E-state index is 0.0618. The summed E-state index contributed by atoms with van der Waals surface area (Å²) in [5.41, 5.74) is 3.56. The standard InChI is InChI=1S/C15H21NS/c1-14(2,3)11-8-7-9-12(15(4,5)6)13(11)16-10-17/h7-9H,1-6H3. The van der Waals surface area contributed by atoms with Crippen molar-refractivity contribution >= 4 is 23.1 Å². The van der Waals surface area contributed by atoms with Crippen molar-refractivity contribution in [2.75, 3.05) is 0 Å². The summed E-state index contributed by atoms with van der Waals surface area (Å²) < 4.78 is 0. The van der Waals surface area contributed by atoms with Crippen LogP contribution in [0.25, 0.3) is 0 Å². The molecule has 1 nitrogen and oxygen atoms in total. The molecule has 0 aliphatic carbocycles. The van der Waals surface area contributed by atoms with Gasteiger partial charge in [0.25, 0.3) is 0 Å². The number of aliphatic imine (C=N–C) groups is 1. The number of isothiocyanates is 1. The van der Waals surface area contributed by atoms with Gasteiger partial charge in [0.2, 0.25) is 0 Å². The van der Waals surface area contributed by atoms with E-state index in [1.807, 2.05) is 0 Å². The third-order valence-electron chi connectivity index (χ3n) is 2.81. The second-order valence-electron chi connectivity index (χ2n) is 6.40. The third kappa shape index (κ3) is 3.24. The summed E-state index contributed by atoms with van der Waals surface area (Å²) in [6.07, 6.45) is 0. The number of nitrogens with zero attached hydrogens (tertiary/aromatic N) is 1. The third-order valence-corrected chi connectivity index (χ3v) is 2.90. The van der Waals surface area contributed by atoms with E-state index in [1.165, 1.54) is 11.1 Å². The summed E-state index contributed by atoms with van der Waals surface area (Å²) in [6.45, 7) is 13.1. The monoisotopic (exact) mass is 247 g/mol. The van der Waals surface area contributed by atoms with Crippen molar-refractivity contribution in [2.45, 2.75) is 52.4 Å². The van der Waals surface area contributed by atoms with Crippen LogP contribution in [-0.2, 0) is 10.8 Å². The second-order valence-corrected chi connectivity index (χ2v) is 6.59. The Morgan fingerprint density at radius 3 is 1.65 bits per heavy atom. The van der Waals surface area contributed by atoms with E-state index in [2.05, 4.69) is 69.9 Å². The summed E-state index contributed by atoms with van der Waals surface area (Å²) >= 11 is 4.78. The highest BCUT2D eigenvalue weighted by Crippen LogP contribution is 2.39. The van der Waals surface area contributed by atoms with E-state index in [0.29, 0.717) is 0 Å². The fraction of sp³-hybridized carbons (Fsp3) is 0.533. The molecule has 0 unspecified atom stereocenters. The van der Waals surface area contributed by atoms with Gasteiger partial charge in [-0.25, -0.2) is 0 Å². The lowest BCUT2D eigenvalue weighted by Gasteiger charge is -2.27. The summed E-state index contributed by atoms with van der Waals surface area (Å²) in [4.78, 5) is 4.30. The van der Waals surface area contributed by atoms with E-state index in [0.717, 1.165) is 5.69 Å². The second kappa shape index (κ2) is 4.72. The zero-order chi connectivity index (χ0) is 13.3. The first kappa shape index (κ1) is 14.1. The number of benzene rings is 1. The van der Waals surface area contributed by atoms with Crippen LogP contribution in [0.15, 0.2) is 23.2 Å². The molecule has 0 radical (unpaired) electrons. The highest BCUT2D eigenvalue weighted by atomic mass is 32.1. The predicted octanol–water partition coefficient (Wildman–Crippen LogP) is 5.02. The normalized spacial score (nSPS) is 12.1. The van der Waals surface area contributed by atoms with E-state index in [4.69, 9.17) is 12.2 Å². The van der Waals surface area contributed by atoms with Gasteiger partial charge in [-0.1, -0.05) is 59.7 Å². The fourth-order valence-electron chi connectivity index (χ4n) is 1.92. The van der Waals surface area contributed by atoms with Gasteiger partial charge >= 0.3 is 0 Å². The Kier molecular flexibility index (Phi) is 3.91. The van der Waals surface area contributed by atoms with E-state index >= 15 is 0 Å². The molecule has 0 saturated carbocycles. The molecule has 92 valence electrons. The Bertz CT molecular complexity index is 423. The van der Waals surface area contributed by atoms with Crippen LogP contribution in [0.4, 0.5) is 5.69 Å². The zero-order valence-electron chi connectivity index (χ0n) is 11.6. The molecule has 0 amide bonds. The number of para-hydroxylation sites is 1. The lowest BCUT2D eigenvalue weighted by molar-refractivity contribution is 0.571. The molecule has 0 N–H and O–H groups in total. The van der Waals surface area contributed by atoms with Crippen LogP contribution in [0.1, 0.15) is 52.7 Å². The predicted molar refractivity (Wildman–Crippen MR) is 78.5 cm³/mol. The first-order valence-electron chi connectivity index (χ1n) is 5.90. The van der Waals surface area contributed by atoms with Crippen LogP contribution in [0.3, 0.4) is 0 Å². The van der Waals surface area contributed by atoms with Gasteiger partial charge in [0.15, 0.2) is 0 Å². The first-order valence-corrected chi connectivity index (χ1v) is 6.30. The van der Waals surface area contributed by atoms with E-state index in [1.54, 1.807) is 0 Å². The molecule has 0 heterocycles.